The van der Waals surface area contributed by atoms with Crippen molar-refractivity contribution in [3.05, 3.63) is 34.9 Å². The molecular formula is C34H49NO5. The minimum absolute atomic E-state index is 0.0629. The second-order valence-electron chi connectivity index (χ2n) is 11.6. The van der Waals surface area contributed by atoms with Crippen LogP contribution in [0.1, 0.15) is 120 Å². The van der Waals surface area contributed by atoms with Crippen molar-refractivity contribution in [2.75, 3.05) is 20.8 Å². The summed E-state index contributed by atoms with van der Waals surface area (Å²) in [6.45, 7) is 2.92. The molecular weight excluding hydrogens is 502 g/mol. The van der Waals surface area contributed by atoms with E-state index >= 15 is 0 Å². The van der Waals surface area contributed by atoms with Crippen molar-refractivity contribution in [2.24, 2.45) is 0 Å². The zero-order chi connectivity index (χ0) is 28.5. The number of phenols is 2. The first-order chi connectivity index (χ1) is 19.5. The Morgan fingerprint density at radius 3 is 2.02 bits per heavy atom. The largest absolute Gasteiger partial charge is 0.504 e. The number of methoxy groups -OCH3 is 2. The average Bonchev–Trinajstić information content (AvgIpc) is 2.96. The molecule has 1 aliphatic carbocycles. The summed E-state index contributed by atoms with van der Waals surface area (Å²) in [5.41, 5.74) is 4.52. The number of rotatable bonds is 16. The van der Waals surface area contributed by atoms with E-state index in [1.54, 1.807) is 19.2 Å². The van der Waals surface area contributed by atoms with Gasteiger partial charge in [-0.25, -0.2) is 0 Å². The summed E-state index contributed by atoms with van der Waals surface area (Å²) >= 11 is 0. The molecule has 2 aromatic carbocycles. The van der Waals surface area contributed by atoms with Crippen molar-refractivity contribution >= 4 is 5.91 Å². The van der Waals surface area contributed by atoms with Crippen LogP contribution in [0.5, 0.6) is 23.0 Å². The van der Waals surface area contributed by atoms with Crippen LogP contribution in [-0.2, 0) is 17.6 Å². The molecule has 2 aromatic rings. The van der Waals surface area contributed by atoms with Crippen LogP contribution in [0.25, 0.3) is 11.1 Å². The summed E-state index contributed by atoms with van der Waals surface area (Å²) in [7, 11) is 3.08. The zero-order valence-corrected chi connectivity index (χ0v) is 24.9. The van der Waals surface area contributed by atoms with Crippen molar-refractivity contribution in [1.82, 2.24) is 4.90 Å². The van der Waals surface area contributed by atoms with Crippen molar-refractivity contribution in [3.63, 3.8) is 0 Å². The maximum atomic E-state index is 13.5. The van der Waals surface area contributed by atoms with E-state index < -0.39 is 0 Å². The number of carbonyl (C=O) groups excluding carboxylic acids is 1. The SMILES string of the molecule is CCCCCCCCCCCCCCCC(=O)N1CCc2cc(OC)c(O)c3c2C1Cc1cc(O)c(OC)cc1-3. The van der Waals surface area contributed by atoms with Crippen molar-refractivity contribution in [3.8, 4) is 34.1 Å². The second kappa shape index (κ2) is 14.7. The summed E-state index contributed by atoms with van der Waals surface area (Å²) in [5, 5.41) is 21.7. The van der Waals surface area contributed by atoms with Crippen molar-refractivity contribution < 1.29 is 24.5 Å². The Hall–Kier alpha value is -2.89. The minimum atomic E-state index is -0.162. The third-order valence-electron chi connectivity index (χ3n) is 8.84. The normalized spacial score (nSPS) is 15.5. The van der Waals surface area contributed by atoms with Gasteiger partial charge < -0.3 is 24.6 Å². The van der Waals surface area contributed by atoms with Crippen LogP contribution in [0.2, 0.25) is 0 Å². The molecule has 1 heterocycles. The Morgan fingerprint density at radius 1 is 0.825 bits per heavy atom. The Morgan fingerprint density at radius 2 is 1.43 bits per heavy atom. The van der Waals surface area contributed by atoms with Crippen LogP contribution in [0.3, 0.4) is 0 Å². The highest BCUT2D eigenvalue weighted by Gasteiger charge is 2.39. The number of carbonyl (C=O) groups is 1. The monoisotopic (exact) mass is 551 g/mol. The van der Waals surface area contributed by atoms with Crippen LogP contribution in [0.4, 0.5) is 0 Å². The van der Waals surface area contributed by atoms with E-state index in [2.05, 4.69) is 6.92 Å². The Balaban J connectivity index is 1.32. The maximum Gasteiger partial charge on any atom is 0.223 e. The summed E-state index contributed by atoms with van der Waals surface area (Å²) in [6, 6.07) is 5.24. The van der Waals surface area contributed by atoms with Crippen LogP contribution in [0.15, 0.2) is 18.2 Å². The molecule has 0 saturated heterocycles. The smallest absolute Gasteiger partial charge is 0.223 e. The predicted octanol–water partition coefficient (Wildman–Crippen LogP) is 8.25. The van der Waals surface area contributed by atoms with Crippen LogP contribution >= 0.6 is 0 Å². The first-order valence-corrected chi connectivity index (χ1v) is 15.6. The molecule has 4 rings (SSSR count). The van der Waals surface area contributed by atoms with E-state index in [4.69, 9.17) is 9.47 Å². The number of nitrogens with zero attached hydrogens (tertiary/aromatic N) is 1. The van der Waals surface area contributed by atoms with Crippen LogP contribution in [0, 0.1) is 0 Å². The van der Waals surface area contributed by atoms with Crippen molar-refractivity contribution in [2.45, 2.75) is 116 Å². The molecule has 220 valence electrons. The molecule has 0 saturated carbocycles. The van der Waals surface area contributed by atoms with Gasteiger partial charge in [0.05, 0.1) is 20.3 Å². The van der Waals surface area contributed by atoms with Gasteiger partial charge in [0.25, 0.3) is 0 Å². The third-order valence-corrected chi connectivity index (χ3v) is 8.84. The average molecular weight is 552 g/mol. The number of aromatic hydroxyl groups is 2. The topological polar surface area (TPSA) is 79.2 Å². The highest BCUT2D eigenvalue weighted by atomic mass is 16.5. The molecule has 6 nitrogen and oxygen atoms in total. The zero-order valence-electron chi connectivity index (χ0n) is 24.9. The first-order valence-electron chi connectivity index (χ1n) is 15.6. The molecule has 6 heteroatoms. The number of hydrogen-bond acceptors (Lipinski definition) is 5. The van der Waals surface area contributed by atoms with Gasteiger partial charge >= 0.3 is 0 Å². The highest BCUT2D eigenvalue weighted by molar-refractivity contribution is 5.86. The molecule has 40 heavy (non-hydrogen) atoms. The van der Waals surface area contributed by atoms with E-state index in [1.165, 1.54) is 77.7 Å². The molecule has 1 unspecified atom stereocenters. The van der Waals surface area contributed by atoms with Gasteiger partial charge in [-0.2, -0.15) is 0 Å². The fraction of sp³-hybridized carbons (Fsp3) is 0.618. The molecule has 1 aliphatic heterocycles. The van der Waals surface area contributed by atoms with Gasteiger partial charge in [-0.05, 0) is 59.7 Å². The molecule has 1 atom stereocenters. The number of fused-ring (bicyclic) bond motifs is 2. The van der Waals surface area contributed by atoms with E-state index in [1.807, 2.05) is 11.0 Å². The molecule has 0 radical (unpaired) electrons. The van der Waals surface area contributed by atoms with E-state index in [0.717, 1.165) is 41.5 Å². The molecule has 0 spiro atoms. The second-order valence-corrected chi connectivity index (χ2v) is 11.6. The van der Waals surface area contributed by atoms with Crippen LogP contribution < -0.4 is 9.47 Å². The lowest BCUT2D eigenvalue weighted by atomic mass is 9.76. The first kappa shape index (κ1) is 30.1. The summed E-state index contributed by atoms with van der Waals surface area (Å²) in [4.78, 5) is 15.5. The van der Waals surface area contributed by atoms with E-state index in [9.17, 15) is 15.0 Å². The summed E-state index contributed by atoms with van der Waals surface area (Å²) < 4.78 is 10.9. The Bertz CT molecular complexity index is 1140. The van der Waals surface area contributed by atoms with Gasteiger partial charge in [-0.1, -0.05) is 84.0 Å². The lowest BCUT2D eigenvalue weighted by Crippen LogP contribution is -2.42. The highest BCUT2D eigenvalue weighted by Crippen LogP contribution is 2.53. The predicted molar refractivity (Wildman–Crippen MR) is 160 cm³/mol. The fourth-order valence-corrected chi connectivity index (χ4v) is 6.62. The Labute approximate surface area is 240 Å². The number of benzene rings is 2. The molecule has 0 bridgehead atoms. The number of phenolic OH excluding ortho intramolecular Hbond substituents is 2. The standard InChI is InChI=1S/C34H49NO5/c1-4-5-6-7-8-9-10-11-12-13-14-15-16-17-31(37)35-19-18-24-22-30(40-3)34(38)33-26-23-29(39-2)28(36)21-25(26)20-27(35)32(24)33/h21-23,27,36,38H,4-20H2,1-3H3. The van der Waals surface area contributed by atoms with Gasteiger partial charge in [0, 0.05) is 18.5 Å². The van der Waals surface area contributed by atoms with E-state index in [-0.39, 0.29) is 23.4 Å². The molecule has 0 aromatic heterocycles. The van der Waals surface area contributed by atoms with Gasteiger partial charge in [0.1, 0.15) is 0 Å². The van der Waals surface area contributed by atoms with E-state index in [0.29, 0.717) is 36.4 Å². The maximum absolute atomic E-state index is 13.5. The molecule has 1 amide bonds. The third kappa shape index (κ3) is 6.87. The van der Waals surface area contributed by atoms with Crippen molar-refractivity contribution in [1.29, 1.82) is 0 Å². The Kier molecular flexibility index (Phi) is 11.0. The fourth-order valence-electron chi connectivity index (χ4n) is 6.62. The minimum Gasteiger partial charge on any atom is -0.504 e. The molecule has 2 N–H and O–H groups in total. The van der Waals surface area contributed by atoms with Gasteiger partial charge in [0.2, 0.25) is 5.91 Å². The number of ether oxygens (including phenoxy) is 2. The number of hydrogen-bond donors (Lipinski definition) is 2. The van der Waals surface area contributed by atoms with Crippen LogP contribution in [-0.4, -0.2) is 41.8 Å². The lowest BCUT2D eigenvalue weighted by molar-refractivity contribution is -0.134. The number of unbranched alkanes of at least 4 members (excludes halogenated alkanes) is 12. The quantitative estimate of drug-likeness (QED) is 0.205. The summed E-state index contributed by atoms with van der Waals surface area (Å²) in [6.07, 6.45) is 18.6. The molecule has 2 aliphatic rings. The van der Waals surface area contributed by atoms with Gasteiger partial charge in [-0.3, -0.25) is 4.79 Å². The number of amides is 1. The van der Waals surface area contributed by atoms with Gasteiger partial charge in [0.15, 0.2) is 23.0 Å². The lowest BCUT2D eigenvalue weighted by Gasteiger charge is -2.42. The van der Waals surface area contributed by atoms with Gasteiger partial charge in [-0.15, -0.1) is 0 Å². The summed E-state index contributed by atoms with van der Waals surface area (Å²) in [5.74, 6) is 1.11. The molecule has 0 fully saturated rings.